The third kappa shape index (κ3) is 5.37. The quantitative estimate of drug-likeness (QED) is 0.759. The second-order valence-electron chi connectivity index (χ2n) is 5.91. The second kappa shape index (κ2) is 7.51. The molecule has 1 aromatic heterocycles. The third-order valence-corrected chi connectivity index (χ3v) is 3.42. The number of aromatic nitrogens is 2. The summed E-state index contributed by atoms with van der Waals surface area (Å²) < 4.78 is 21.2. The molecule has 0 radical (unpaired) electrons. The lowest BCUT2D eigenvalue weighted by molar-refractivity contribution is 0.263. The van der Waals surface area contributed by atoms with Crippen LogP contribution in [0.5, 0.6) is 5.88 Å². The molecule has 23 heavy (non-hydrogen) atoms. The van der Waals surface area contributed by atoms with Crippen LogP contribution in [0.15, 0.2) is 24.3 Å². The molecule has 1 aromatic carbocycles. The number of rotatable bonds is 7. The van der Waals surface area contributed by atoms with Gasteiger partial charge in [-0.3, -0.25) is 0 Å². The second-order valence-corrected chi connectivity index (χ2v) is 7.36. The molecule has 0 aliphatic carbocycles. The molecule has 0 fully saturated rings. The fourth-order valence-corrected chi connectivity index (χ4v) is 2.42. The Hall–Kier alpha value is -1.30. The Kier molecular flexibility index (Phi) is 5.89. The Labute approximate surface area is 145 Å². The van der Waals surface area contributed by atoms with Crippen molar-refractivity contribution < 1.29 is 9.13 Å². The van der Waals surface area contributed by atoms with Crippen LogP contribution in [0.25, 0.3) is 0 Å². The Morgan fingerprint density at radius 1 is 1.35 bits per heavy atom. The molecular formula is C16H20Cl2FN3O. The molecule has 2 aromatic rings. The van der Waals surface area contributed by atoms with E-state index in [0.29, 0.717) is 29.6 Å². The lowest BCUT2D eigenvalue weighted by Crippen LogP contribution is -2.21. The molecule has 0 unspecified atom stereocenters. The zero-order valence-electron chi connectivity index (χ0n) is 13.4. The maximum Gasteiger partial charge on any atom is 0.212 e. The Bertz CT molecular complexity index is 668. The summed E-state index contributed by atoms with van der Waals surface area (Å²) in [4.78, 5) is -0.470. The standard InChI is InChI=1S/C16H20Cl2FN3O/c1-16(2,18)10-22-15(7-13(21-22)8-20-3)23-9-11-6-12(17)4-5-14(11)19/h4-7,20H,8-10H2,1-3H3. The number of nitrogens with one attached hydrogen (secondary N) is 1. The first-order valence-electron chi connectivity index (χ1n) is 7.25. The van der Waals surface area contributed by atoms with Gasteiger partial charge in [0.15, 0.2) is 0 Å². The highest BCUT2D eigenvalue weighted by Crippen LogP contribution is 2.23. The molecule has 0 saturated heterocycles. The van der Waals surface area contributed by atoms with Gasteiger partial charge in [-0.15, -0.1) is 11.6 Å². The van der Waals surface area contributed by atoms with Crippen molar-refractivity contribution in [3.63, 3.8) is 0 Å². The highest BCUT2D eigenvalue weighted by atomic mass is 35.5. The van der Waals surface area contributed by atoms with Gasteiger partial charge in [-0.05, 0) is 39.1 Å². The monoisotopic (exact) mass is 359 g/mol. The average Bonchev–Trinajstić information content (AvgIpc) is 2.80. The molecule has 1 heterocycles. The van der Waals surface area contributed by atoms with E-state index in [1.165, 1.54) is 12.1 Å². The fraction of sp³-hybridized carbons (Fsp3) is 0.438. The topological polar surface area (TPSA) is 39.1 Å². The maximum atomic E-state index is 13.8. The van der Waals surface area contributed by atoms with Crippen molar-refractivity contribution in [2.24, 2.45) is 0 Å². The van der Waals surface area contributed by atoms with Gasteiger partial charge < -0.3 is 10.1 Å². The number of ether oxygens (including phenoxy) is 1. The lowest BCUT2D eigenvalue weighted by atomic mass is 10.2. The Morgan fingerprint density at radius 2 is 2.09 bits per heavy atom. The third-order valence-electron chi connectivity index (χ3n) is 3.06. The smallest absolute Gasteiger partial charge is 0.212 e. The van der Waals surface area contributed by atoms with Gasteiger partial charge in [0.1, 0.15) is 12.4 Å². The summed E-state index contributed by atoms with van der Waals surface area (Å²) in [5.41, 5.74) is 1.22. The van der Waals surface area contributed by atoms with Gasteiger partial charge in [-0.25, -0.2) is 9.07 Å². The van der Waals surface area contributed by atoms with Crippen LogP contribution in [0.4, 0.5) is 4.39 Å². The van der Waals surface area contributed by atoms with E-state index >= 15 is 0 Å². The van der Waals surface area contributed by atoms with Crippen LogP contribution in [0.1, 0.15) is 25.1 Å². The number of benzene rings is 1. The minimum absolute atomic E-state index is 0.0692. The van der Waals surface area contributed by atoms with Gasteiger partial charge in [0.2, 0.25) is 5.88 Å². The van der Waals surface area contributed by atoms with E-state index < -0.39 is 4.87 Å². The largest absolute Gasteiger partial charge is 0.473 e. The maximum absolute atomic E-state index is 13.8. The van der Waals surface area contributed by atoms with Crippen LogP contribution in [0.2, 0.25) is 5.02 Å². The number of halogens is 3. The molecule has 2 rings (SSSR count). The average molecular weight is 360 g/mol. The highest BCUT2D eigenvalue weighted by molar-refractivity contribution is 6.30. The summed E-state index contributed by atoms with van der Waals surface area (Å²) in [6, 6.07) is 6.21. The molecule has 1 N–H and O–H groups in total. The molecule has 7 heteroatoms. The molecular weight excluding hydrogens is 340 g/mol. The summed E-state index contributed by atoms with van der Waals surface area (Å²) in [6.45, 7) is 4.95. The molecule has 0 bridgehead atoms. The van der Waals surface area contributed by atoms with Gasteiger partial charge in [0, 0.05) is 23.2 Å². The molecule has 0 aliphatic rings. The summed E-state index contributed by atoms with van der Waals surface area (Å²) in [5, 5.41) is 7.97. The van der Waals surface area contributed by atoms with Gasteiger partial charge in [-0.2, -0.15) is 5.10 Å². The van der Waals surface area contributed by atoms with Crippen LogP contribution >= 0.6 is 23.2 Å². The zero-order chi connectivity index (χ0) is 17.0. The molecule has 0 saturated carbocycles. The molecule has 126 valence electrons. The van der Waals surface area contributed by atoms with Gasteiger partial charge in [-0.1, -0.05) is 11.6 Å². The van der Waals surface area contributed by atoms with Crippen molar-refractivity contribution >= 4 is 23.2 Å². The van der Waals surface area contributed by atoms with Gasteiger partial charge in [0.25, 0.3) is 0 Å². The highest BCUT2D eigenvalue weighted by Gasteiger charge is 2.19. The van der Waals surface area contributed by atoms with E-state index in [9.17, 15) is 4.39 Å². The van der Waals surface area contributed by atoms with Crippen molar-refractivity contribution in [1.82, 2.24) is 15.1 Å². The van der Waals surface area contributed by atoms with Gasteiger partial charge in [0.05, 0.1) is 17.1 Å². The van der Waals surface area contributed by atoms with Gasteiger partial charge >= 0.3 is 0 Å². The fourth-order valence-electron chi connectivity index (χ4n) is 2.11. The summed E-state index contributed by atoms with van der Waals surface area (Å²) in [7, 11) is 1.84. The Balaban J connectivity index is 2.18. The zero-order valence-corrected chi connectivity index (χ0v) is 14.9. The first-order valence-corrected chi connectivity index (χ1v) is 8.01. The first-order chi connectivity index (χ1) is 10.8. The van der Waals surface area contributed by atoms with Crippen LogP contribution in [-0.2, 0) is 19.7 Å². The Morgan fingerprint density at radius 3 is 2.74 bits per heavy atom. The molecule has 0 aliphatic heterocycles. The molecule has 4 nitrogen and oxygen atoms in total. The molecule has 0 amide bonds. The predicted octanol–water partition coefficient (Wildman–Crippen LogP) is 3.99. The van der Waals surface area contributed by atoms with E-state index in [1.54, 1.807) is 10.7 Å². The van der Waals surface area contributed by atoms with Crippen molar-refractivity contribution in [1.29, 1.82) is 0 Å². The van der Waals surface area contributed by atoms with E-state index in [-0.39, 0.29) is 12.4 Å². The number of hydrogen-bond donors (Lipinski definition) is 1. The molecule has 0 spiro atoms. The van der Waals surface area contributed by atoms with E-state index in [1.807, 2.05) is 27.0 Å². The number of nitrogens with zero attached hydrogens (tertiary/aromatic N) is 2. The van der Waals surface area contributed by atoms with Crippen LogP contribution < -0.4 is 10.1 Å². The van der Waals surface area contributed by atoms with Crippen LogP contribution in [-0.4, -0.2) is 21.7 Å². The van der Waals surface area contributed by atoms with E-state index in [0.717, 1.165) is 5.69 Å². The van der Waals surface area contributed by atoms with Crippen molar-refractivity contribution in [3.8, 4) is 5.88 Å². The molecule has 0 atom stereocenters. The number of alkyl halides is 1. The van der Waals surface area contributed by atoms with E-state index in [2.05, 4.69) is 10.4 Å². The minimum atomic E-state index is -0.470. The minimum Gasteiger partial charge on any atom is -0.473 e. The predicted molar refractivity (Wildman–Crippen MR) is 90.7 cm³/mol. The van der Waals surface area contributed by atoms with Crippen molar-refractivity contribution in [2.45, 2.75) is 38.4 Å². The summed E-state index contributed by atoms with van der Waals surface area (Å²) in [5.74, 6) is 0.192. The first kappa shape index (κ1) is 18.0. The lowest BCUT2D eigenvalue weighted by Gasteiger charge is -2.17. The van der Waals surface area contributed by atoms with Crippen molar-refractivity contribution in [3.05, 3.63) is 46.4 Å². The summed E-state index contributed by atoms with van der Waals surface area (Å²) in [6.07, 6.45) is 0. The SMILES string of the molecule is CNCc1cc(OCc2cc(Cl)ccc2F)n(CC(C)(C)Cl)n1. The summed E-state index contributed by atoms with van der Waals surface area (Å²) >= 11 is 12.2. The van der Waals surface area contributed by atoms with Crippen LogP contribution in [0.3, 0.4) is 0 Å². The van der Waals surface area contributed by atoms with Crippen molar-refractivity contribution in [2.75, 3.05) is 7.05 Å². The normalized spacial score (nSPS) is 11.7. The van der Waals surface area contributed by atoms with Crippen LogP contribution in [0, 0.1) is 5.82 Å². The number of hydrogen-bond acceptors (Lipinski definition) is 3. The van der Waals surface area contributed by atoms with E-state index in [4.69, 9.17) is 27.9 Å².